The Morgan fingerprint density at radius 1 is 1.24 bits per heavy atom. The van der Waals surface area contributed by atoms with Crippen LogP contribution in [-0.4, -0.2) is 18.1 Å². The normalized spacial score (nSPS) is 18.3. The molecule has 1 aromatic rings. The van der Waals surface area contributed by atoms with Gasteiger partial charge in [0.25, 0.3) is 0 Å². The van der Waals surface area contributed by atoms with Crippen LogP contribution in [0.3, 0.4) is 0 Å². The summed E-state index contributed by atoms with van der Waals surface area (Å²) < 4.78 is 5.69. The van der Waals surface area contributed by atoms with Crippen molar-refractivity contribution in [3.63, 3.8) is 0 Å². The molecule has 2 aliphatic carbocycles. The van der Waals surface area contributed by atoms with Crippen molar-refractivity contribution in [2.24, 2.45) is 23.7 Å². The van der Waals surface area contributed by atoms with Gasteiger partial charge in [-0.1, -0.05) is 13.8 Å². The number of nitrogen functional groups attached to an aromatic ring is 1. The molecule has 4 nitrogen and oxygen atoms in total. The number of anilines is 2. The Kier molecular flexibility index (Phi) is 4.22. The van der Waals surface area contributed by atoms with Crippen molar-refractivity contribution in [3.05, 3.63) is 12.1 Å². The minimum absolute atomic E-state index is 0.469. The average molecular weight is 289 g/mol. The van der Waals surface area contributed by atoms with Gasteiger partial charge in [-0.3, -0.25) is 0 Å². The van der Waals surface area contributed by atoms with Crippen LogP contribution in [0.2, 0.25) is 0 Å². The quantitative estimate of drug-likeness (QED) is 0.768. The van der Waals surface area contributed by atoms with E-state index in [-0.39, 0.29) is 0 Å². The molecule has 1 heterocycles. The van der Waals surface area contributed by atoms with Crippen molar-refractivity contribution in [2.75, 3.05) is 24.2 Å². The zero-order valence-electron chi connectivity index (χ0n) is 13.1. The third-order valence-electron chi connectivity index (χ3n) is 4.42. The monoisotopic (exact) mass is 289 g/mol. The number of pyridine rings is 1. The summed E-state index contributed by atoms with van der Waals surface area (Å²) in [6, 6.07) is 3.84. The van der Waals surface area contributed by atoms with Gasteiger partial charge in [0.1, 0.15) is 5.82 Å². The Bertz CT molecular complexity index is 469. The lowest BCUT2D eigenvalue weighted by Gasteiger charge is -2.17. The topological polar surface area (TPSA) is 60.2 Å². The molecule has 21 heavy (non-hydrogen) atoms. The Morgan fingerprint density at radius 2 is 1.90 bits per heavy atom. The van der Waals surface area contributed by atoms with Crippen molar-refractivity contribution in [1.29, 1.82) is 0 Å². The Hall–Kier alpha value is -1.45. The Balaban J connectivity index is 1.58. The fraction of sp³-hybridized carbons (Fsp3) is 0.706. The number of aromatic nitrogens is 1. The smallest absolute Gasteiger partial charge is 0.239 e. The van der Waals surface area contributed by atoms with E-state index >= 15 is 0 Å². The molecule has 116 valence electrons. The zero-order chi connectivity index (χ0) is 14.8. The summed E-state index contributed by atoms with van der Waals surface area (Å²) in [4.78, 5) is 4.52. The molecule has 0 aliphatic heterocycles. The van der Waals surface area contributed by atoms with Crippen LogP contribution in [0.5, 0.6) is 5.88 Å². The molecule has 0 saturated heterocycles. The molecule has 3 N–H and O–H groups in total. The summed E-state index contributed by atoms with van der Waals surface area (Å²) in [6.07, 6.45) is 5.67. The van der Waals surface area contributed by atoms with E-state index in [2.05, 4.69) is 24.1 Å². The van der Waals surface area contributed by atoms with Gasteiger partial charge in [0.2, 0.25) is 5.88 Å². The van der Waals surface area contributed by atoms with E-state index in [0.717, 1.165) is 30.1 Å². The van der Waals surface area contributed by atoms with Gasteiger partial charge in [-0.05, 0) is 61.5 Å². The fourth-order valence-corrected chi connectivity index (χ4v) is 2.90. The molecule has 2 saturated carbocycles. The van der Waals surface area contributed by atoms with Crippen LogP contribution in [0.1, 0.15) is 39.5 Å². The lowest BCUT2D eigenvalue weighted by atomic mass is 9.98. The van der Waals surface area contributed by atoms with E-state index in [4.69, 9.17) is 10.5 Å². The first-order valence-electron chi connectivity index (χ1n) is 8.26. The molecule has 4 heteroatoms. The summed E-state index contributed by atoms with van der Waals surface area (Å²) in [7, 11) is 0. The zero-order valence-corrected chi connectivity index (χ0v) is 13.1. The van der Waals surface area contributed by atoms with E-state index in [1.54, 1.807) is 0 Å². The maximum Gasteiger partial charge on any atom is 0.239 e. The van der Waals surface area contributed by atoms with Crippen LogP contribution in [0.15, 0.2) is 12.1 Å². The van der Waals surface area contributed by atoms with Crippen LogP contribution in [0, 0.1) is 23.7 Å². The second-order valence-electron chi connectivity index (χ2n) is 7.02. The van der Waals surface area contributed by atoms with E-state index in [1.807, 2.05) is 12.1 Å². The van der Waals surface area contributed by atoms with Crippen molar-refractivity contribution in [3.8, 4) is 5.88 Å². The van der Waals surface area contributed by atoms with Gasteiger partial charge in [0.15, 0.2) is 0 Å². The lowest BCUT2D eigenvalue weighted by molar-refractivity contribution is 0.263. The van der Waals surface area contributed by atoms with Gasteiger partial charge in [-0.15, -0.1) is 0 Å². The maximum atomic E-state index is 5.93. The molecular weight excluding hydrogens is 262 g/mol. The van der Waals surface area contributed by atoms with Crippen LogP contribution < -0.4 is 15.8 Å². The fourth-order valence-electron chi connectivity index (χ4n) is 2.90. The Labute approximate surface area is 127 Å². The van der Waals surface area contributed by atoms with E-state index in [9.17, 15) is 0 Å². The molecule has 2 fully saturated rings. The van der Waals surface area contributed by atoms with Crippen LogP contribution in [0.4, 0.5) is 11.5 Å². The maximum absolute atomic E-state index is 5.93. The molecule has 2 aliphatic rings. The first-order valence-corrected chi connectivity index (χ1v) is 8.26. The average Bonchev–Trinajstić information content (AvgIpc) is 3.32. The number of hydrogen-bond acceptors (Lipinski definition) is 4. The highest BCUT2D eigenvalue weighted by Crippen LogP contribution is 2.49. The standard InChI is InChI=1S/C17H27N3O/c1-11(2)10-21-17-15(18)7-8-16(20-17)19-9-14(12-3-4-12)13-5-6-13/h7-8,11-14H,3-6,9-10,18H2,1-2H3,(H,19,20). The summed E-state index contributed by atoms with van der Waals surface area (Å²) in [6.45, 7) is 5.92. The molecule has 3 rings (SSSR count). The predicted octanol–water partition coefficient (Wildman–Crippen LogP) is 3.55. The van der Waals surface area contributed by atoms with E-state index in [0.29, 0.717) is 24.1 Å². The highest BCUT2D eigenvalue weighted by atomic mass is 16.5. The third kappa shape index (κ3) is 4.02. The molecular formula is C17H27N3O. The molecule has 0 spiro atoms. The minimum Gasteiger partial charge on any atom is -0.476 e. The van der Waals surface area contributed by atoms with Crippen molar-refractivity contribution in [1.82, 2.24) is 4.98 Å². The molecule has 0 aromatic carbocycles. The first kappa shape index (κ1) is 14.5. The lowest BCUT2D eigenvalue weighted by Crippen LogP contribution is -2.19. The van der Waals surface area contributed by atoms with Gasteiger partial charge >= 0.3 is 0 Å². The first-order chi connectivity index (χ1) is 10.1. The number of nitrogens with zero attached hydrogens (tertiary/aromatic N) is 1. The highest BCUT2D eigenvalue weighted by Gasteiger charge is 2.41. The molecule has 0 atom stereocenters. The summed E-state index contributed by atoms with van der Waals surface area (Å²) in [5.74, 6) is 4.66. The summed E-state index contributed by atoms with van der Waals surface area (Å²) in [5.41, 5.74) is 6.55. The second kappa shape index (κ2) is 6.12. The van der Waals surface area contributed by atoms with Gasteiger partial charge < -0.3 is 15.8 Å². The SMILES string of the molecule is CC(C)COc1nc(NCC(C2CC2)C2CC2)ccc1N. The summed E-state index contributed by atoms with van der Waals surface area (Å²) >= 11 is 0. The van der Waals surface area contributed by atoms with Crippen LogP contribution in [-0.2, 0) is 0 Å². The van der Waals surface area contributed by atoms with E-state index < -0.39 is 0 Å². The largest absolute Gasteiger partial charge is 0.476 e. The van der Waals surface area contributed by atoms with Crippen molar-refractivity contribution in [2.45, 2.75) is 39.5 Å². The number of nitrogens with one attached hydrogen (secondary N) is 1. The Morgan fingerprint density at radius 3 is 2.48 bits per heavy atom. The van der Waals surface area contributed by atoms with Gasteiger partial charge in [-0.2, -0.15) is 4.98 Å². The third-order valence-corrected chi connectivity index (χ3v) is 4.42. The number of rotatable bonds is 8. The number of ether oxygens (including phenoxy) is 1. The number of hydrogen-bond donors (Lipinski definition) is 2. The second-order valence-corrected chi connectivity index (χ2v) is 7.02. The molecule has 0 unspecified atom stereocenters. The molecule has 0 amide bonds. The van der Waals surface area contributed by atoms with Crippen LogP contribution >= 0.6 is 0 Å². The molecule has 1 aromatic heterocycles. The van der Waals surface area contributed by atoms with Crippen LogP contribution in [0.25, 0.3) is 0 Å². The highest BCUT2D eigenvalue weighted by molar-refractivity contribution is 5.53. The molecule has 0 radical (unpaired) electrons. The summed E-state index contributed by atoms with van der Waals surface area (Å²) in [5, 5.41) is 3.50. The van der Waals surface area contributed by atoms with Gasteiger partial charge in [0, 0.05) is 6.54 Å². The minimum atomic E-state index is 0.469. The van der Waals surface area contributed by atoms with Gasteiger partial charge in [0.05, 0.1) is 12.3 Å². The van der Waals surface area contributed by atoms with Crippen molar-refractivity contribution < 1.29 is 4.74 Å². The van der Waals surface area contributed by atoms with Crippen molar-refractivity contribution >= 4 is 11.5 Å². The molecule has 0 bridgehead atoms. The number of nitrogens with two attached hydrogens (primary N) is 1. The predicted molar refractivity (Wildman–Crippen MR) is 86.4 cm³/mol. The van der Waals surface area contributed by atoms with Gasteiger partial charge in [-0.25, -0.2) is 0 Å². The van der Waals surface area contributed by atoms with E-state index in [1.165, 1.54) is 25.7 Å².